The number of halogens is 1. The molecule has 0 bridgehead atoms. The molecule has 2 aromatic carbocycles. The fraction of sp³-hybridized carbons (Fsp3) is 0.375. The molecule has 2 aliphatic heterocycles. The molecule has 2 amide bonds. The molecule has 2 fully saturated rings. The Bertz CT molecular complexity index is 846. The molecule has 4 rings (SSSR count). The standard InChI is InChI=1S/C24H27ClN2O/c1-3-4-20-13-14-22-16-23(15-18-7-5-17(2)6-8-18)27(24(28)26(20)22)21-11-9-19(25)10-12-21/h3,5-12,20,22-23H,1,4,13-16H2,2H3/t20-,22-,23-/m0/s1. The molecular formula is C24H27ClN2O. The van der Waals surface area contributed by atoms with Crippen LogP contribution in [0.15, 0.2) is 61.2 Å². The van der Waals surface area contributed by atoms with Gasteiger partial charge in [0.25, 0.3) is 0 Å². The van der Waals surface area contributed by atoms with E-state index >= 15 is 0 Å². The molecule has 0 radical (unpaired) electrons. The first-order valence-corrected chi connectivity index (χ1v) is 10.5. The Morgan fingerprint density at radius 3 is 2.46 bits per heavy atom. The molecule has 28 heavy (non-hydrogen) atoms. The van der Waals surface area contributed by atoms with Gasteiger partial charge in [-0.1, -0.05) is 47.5 Å². The normalized spacial score (nSPS) is 24.4. The van der Waals surface area contributed by atoms with Crippen LogP contribution in [0.3, 0.4) is 0 Å². The van der Waals surface area contributed by atoms with Gasteiger partial charge in [0.1, 0.15) is 0 Å². The summed E-state index contributed by atoms with van der Waals surface area (Å²) in [6.07, 6.45) is 6.81. The summed E-state index contributed by atoms with van der Waals surface area (Å²) in [4.78, 5) is 17.7. The number of carbonyl (C=O) groups excluding carboxylic acids is 1. The number of benzene rings is 2. The lowest BCUT2D eigenvalue weighted by Gasteiger charge is -2.45. The summed E-state index contributed by atoms with van der Waals surface area (Å²) in [5.74, 6) is 0. The maximum atomic E-state index is 13.6. The lowest BCUT2D eigenvalue weighted by molar-refractivity contribution is 0.153. The first-order valence-electron chi connectivity index (χ1n) is 10.1. The smallest absolute Gasteiger partial charge is 0.318 e. The Kier molecular flexibility index (Phi) is 5.45. The number of urea groups is 1. The molecule has 0 spiro atoms. The van der Waals surface area contributed by atoms with Crippen molar-refractivity contribution in [1.82, 2.24) is 4.90 Å². The fourth-order valence-electron chi connectivity index (χ4n) is 4.72. The minimum Gasteiger partial charge on any atom is -0.318 e. The van der Waals surface area contributed by atoms with Gasteiger partial charge in [-0.25, -0.2) is 4.79 Å². The SMILES string of the molecule is C=CC[C@H]1CC[C@H]2C[C@H](Cc3ccc(C)cc3)N(c3ccc(Cl)cc3)C(=O)N12. The van der Waals surface area contributed by atoms with E-state index in [0.717, 1.165) is 37.8 Å². The monoisotopic (exact) mass is 394 g/mol. The average Bonchev–Trinajstić information content (AvgIpc) is 3.08. The van der Waals surface area contributed by atoms with Gasteiger partial charge < -0.3 is 4.90 Å². The number of nitrogens with zero attached hydrogens (tertiary/aromatic N) is 2. The van der Waals surface area contributed by atoms with E-state index in [0.29, 0.717) is 11.1 Å². The molecule has 146 valence electrons. The topological polar surface area (TPSA) is 23.6 Å². The number of anilines is 1. The van der Waals surface area contributed by atoms with E-state index in [2.05, 4.69) is 42.7 Å². The Morgan fingerprint density at radius 2 is 1.79 bits per heavy atom. The molecule has 2 aliphatic rings. The van der Waals surface area contributed by atoms with Crippen LogP contribution >= 0.6 is 11.6 Å². The van der Waals surface area contributed by atoms with Crippen molar-refractivity contribution < 1.29 is 4.79 Å². The van der Waals surface area contributed by atoms with E-state index in [1.165, 1.54) is 11.1 Å². The lowest BCUT2D eigenvalue weighted by Crippen LogP contribution is -2.59. The summed E-state index contributed by atoms with van der Waals surface area (Å²) < 4.78 is 0. The molecular weight excluding hydrogens is 368 g/mol. The molecule has 4 heteroatoms. The molecule has 0 aliphatic carbocycles. The van der Waals surface area contributed by atoms with Gasteiger partial charge in [-0.15, -0.1) is 6.58 Å². The van der Waals surface area contributed by atoms with Crippen molar-refractivity contribution in [2.24, 2.45) is 0 Å². The van der Waals surface area contributed by atoms with Crippen LogP contribution in [0.2, 0.25) is 5.02 Å². The van der Waals surface area contributed by atoms with Gasteiger partial charge >= 0.3 is 6.03 Å². The number of rotatable bonds is 5. The molecule has 0 N–H and O–H groups in total. The van der Waals surface area contributed by atoms with E-state index in [9.17, 15) is 4.79 Å². The zero-order valence-electron chi connectivity index (χ0n) is 16.4. The molecule has 3 nitrogen and oxygen atoms in total. The Labute approximate surface area is 172 Å². The van der Waals surface area contributed by atoms with E-state index in [4.69, 9.17) is 11.6 Å². The predicted octanol–water partition coefficient (Wildman–Crippen LogP) is 6.00. The number of carbonyl (C=O) groups is 1. The van der Waals surface area contributed by atoms with Crippen molar-refractivity contribution in [2.45, 2.75) is 57.2 Å². The van der Waals surface area contributed by atoms with Crippen molar-refractivity contribution in [3.8, 4) is 0 Å². The number of fused-ring (bicyclic) bond motifs is 1. The highest BCUT2D eigenvalue weighted by Gasteiger charge is 2.46. The van der Waals surface area contributed by atoms with Crippen LogP contribution < -0.4 is 4.90 Å². The molecule has 2 heterocycles. The molecule has 2 aromatic rings. The highest BCUT2D eigenvalue weighted by molar-refractivity contribution is 6.30. The van der Waals surface area contributed by atoms with Crippen LogP contribution in [0.1, 0.15) is 36.8 Å². The van der Waals surface area contributed by atoms with Crippen LogP contribution in [0.4, 0.5) is 10.5 Å². The second-order valence-corrected chi connectivity index (χ2v) is 8.46. The van der Waals surface area contributed by atoms with Gasteiger partial charge in [0.2, 0.25) is 0 Å². The zero-order valence-corrected chi connectivity index (χ0v) is 17.1. The highest BCUT2D eigenvalue weighted by atomic mass is 35.5. The van der Waals surface area contributed by atoms with E-state index in [-0.39, 0.29) is 18.1 Å². The summed E-state index contributed by atoms with van der Waals surface area (Å²) in [6, 6.07) is 17.2. The maximum absolute atomic E-state index is 13.6. The van der Waals surface area contributed by atoms with Crippen LogP contribution in [0.25, 0.3) is 0 Å². The number of hydrogen-bond donors (Lipinski definition) is 0. The molecule has 0 unspecified atom stereocenters. The summed E-state index contributed by atoms with van der Waals surface area (Å²) in [6.45, 7) is 5.99. The minimum absolute atomic E-state index is 0.125. The van der Waals surface area contributed by atoms with Crippen molar-refractivity contribution in [1.29, 1.82) is 0 Å². The Morgan fingerprint density at radius 1 is 1.07 bits per heavy atom. The predicted molar refractivity (Wildman–Crippen MR) is 116 cm³/mol. The van der Waals surface area contributed by atoms with E-state index < -0.39 is 0 Å². The largest absolute Gasteiger partial charge is 0.325 e. The van der Waals surface area contributed by atoms with E-state index in [1.807, 2.05) is 35.2 Å². The van der Waals surface area contributed by atoms with Gasteiger partial charge in [0.05, 0.1) is 0 Å². The third kappa shape index (κ3) is 3.68. The highest BCUT2D eigenvalue weighted by Crippen LogP contribution is 2.38. The lowest BCUT2D eigenvalue weighted by atomic mass is 9.94. The maximum Gasteiger partial charge on any atom is 0.325 e. The second-order valence-electron chi connectivity index (χ2n) is 8.02. The summed E-state index contributed by atoms with van der Waals surface area (Å²) in [5.41, 5.74) is 3.46. The Balaban J connectivity index is 1.66. The number of amides is 2. The van der Waals surface area contributed by atoms with Crippen molar-refractivity contribution in [3.63, 3.8) is 0 Å². The van der Waals surface area contributed by atoms with Crippen LogP contribution in [0, 0.1) is 6.92 Å². The first-order chi connectivity index (χ1) is 13.6. The Hall–Kier alpha value is -2.26. The van der Waals surface area contributed by atoms with Gasteiger partial charge in [0, 0.05) is 28.8 Å². The summed E-state index contributed by atoms with van der Waals surface area (Å²) in [5, 5.41) is 0.687. The van der Waals surface area contributed by atoms with Crippen molar-refractivity contribution >= 4 is 23.3 Å². The molecule has 2 saturated heterocycles. The molecule has 0 aromatic heterocycles. The van der Waals surface area contributed by atoms with Crippen LogP contribution in [0.5, 0.6) is 0 Å². The third-order valence-electron chi connectivity index (χ3n) is 6.09. The number of hydrogen-bond acceptors (Lipinski definition) is 1. The minimum atomic E-state index is 0.125. The first kappa shape index (κ1) is 19.1. The zero-order chi connectivity index (χ0) is 19.7. The van der Waals surface area contributed by atoms with Gasteiger partial charge in [-0.2, -0.15) is 0 Å². The fourth-order valence-corrected chi connectivity index (χ4v) is 4.85. The van der Waals surface area contributed by atoms with Crippen molar-refractivity contribution in [2.75, 3.05) is 4.90 Å². The summed E-state index contributed by atoms with van der Waals surface area (Å²) >= 11 is 6.10. The average molecular weight is 395 g/mol. The number of aryl methyl sites for hydroxylation is 1. The van der Waals surface area contributed by atoms with Crippen LogP contribution in [-0.4, -0.2) is 29.1 Å². The van der Waals surface area contributed by atoms with Gasteiger partial charge in [0.15, 0.2) is 0 Å². The molecule has 3 atom stereocenters. The van der Waals surface area contributed by atoms with Gasteiger partial charge in [-0.05, 0) is 68.9 Å². The second kappa shape index (κ2) is 8.00. The quantitative estimate of drug-likeness (QED) is 0.570. The third-order valence-corrected chi connectivity index (χ3v) is 6.34. The molecule has 0 saturated carbocycles. The summed E-state index contributed by atoms with van der Waals surface area (Å²) in [7, 11) is 0. The van der Waals surface area contributed by atoms with Crippen molar-refractivity contribution in [3.05, 3.63) is 77.3 Å². The van der Waals surface area contributed by atoms with Gasteiger partial charge in [-0.3, -0.25) is 4.90 Å². The van der Waals surface area contributed by atoms with Crippen LogP contribution in [-0.2, 0) is 6.42 Å². The van der Waals surface area contributed by atoms with E-state index in [1.54, 1.807) is 0 Å².